The summed E-state index contributed by atoms with van der Waals surface area (Å²) >= 11 is 1.10. The summed E-state index contributed by atoms with van der Waals surface area (Å²) in [6.45, 7) is 0. The summed E-state index contributed by atoms with van der Waals surface area (Å²) in [7, 11) is 1.56. The second-order valence-corrected chi connectivity index (χ2v) is 7.71. The summed E-state index contributed by atoms with van der Waals surface area (Å²) in [5, 5.41) is 11.8. The minimum atomic E-state index is -0.545. The Kier molecular flexibility index (Phi) is 6.00. The zero-order valence-corrected chi connectivity index (χ0v) is 17.7. The van der Waals surface area contributed by atoms with E-state index < -0.39 is 4.92 Å². The molecule has 0 bridgehead atoms. The van der Waals surface area contributed by atoms with Gasteiger partial charge in [-0.15, -0.1) is 0 Å². The number of nitro benzene ring substituents is 1. The van der Waals surface area contributed by atoms with Crippen molar-refractivity contribution in [3.63, 3.8) is 0 Å². The van der Waals surface area contributed by atoms with Crippen LogP contribution in [0.2, 0.25) is 0 Å². The zero-order valence-electron chi connectivity index (χ0n) is 16.9. The fraction of sp³-hybridized carbons (Fsp3) is 0.0870. The number of hydrogen-bond donors (Lipinski definition) is 0. The number of thioether (sulfide) groups is 1. The van der Waals surface area contributed by atoms with Crippen LogP contribution in [0.4, 0.5) is 5.69 Å². The molecule has 0 atom stereocenters. The first kappa shape index (κ1) is 21.3. The van der Waals surface area contributed by atoms with Crippen molar-refractivity contribution in [1.82, 2.24) is 9.55 Å². The van der Waals surface area contributed by atoms with Gasteiger partial charge >= 0.3 is 0 Å². The third-order valence-electron chi connectivity index (χ3n) is 4.79. The van der Waals surface area contributed by atoms with E-state index in [0.717, 1.165) is 11.8 Å². The van der Waals surface area contributed by atoms with E-state index in [-0.39, 0.29) is 28.3 Å². The molecule has 9 heteroatoms. The van der Waals surface area contributed by atoms with Crippen LogP contribution in [0, 0.1) is 10.1 Å². The Morgan fingerprint density at radius 3 is 2.56 bits per heavy atom. The molecule has 0 saturated carbocycles. The van der Waals surface area contributed by atoms with Gasteiger partial charge in [-0.3, -0.25) is 24.3 Å². The molecule has 8 nitrogen and oxygen atoms in total. The summed E-state index contributed by atoms with van der Waals surface area (Å²) in [5.74, 6) is 0.301. The molecule has 1 aromatic heterocycles. The number of ketones is 1. The molecule has 0 N–H and O–H groups in total. The number of rotatable bonds is 7. The molecular weight excluding hydrogens is 430 g/mol. The Labute approximate surface area is 186 Å². The predicted octanol–water partition coefficient (Wildman–Crippen LogP) is 4.28. The van der Waals surface area contributed by atoms with Gasteiger partial charge in [-0.25, -0.2) is 4.98 Å². The normalized spacial score (nSPS) is 10.8. The molecule has 0 radical (unpaired) electrons. The average Bonchev–Trinajstić information content (AvgIpc) is 2.83. The number of Topliss-reactive ketones (excluding diaryl/α,β-unsaturated/α-hetero) is 1. The highest BCUT2D eigenvalue weighted by Gasteiger charge is 2.17. The number of fused-ring (bicyclic) bond motifs is 1. The van der Waals surface area contributed by atoms with Gasteiger partial charge in [0, 0.05) is 17.7 Å². The number of ether oxygens (including phenoxy) is 1. The molecule has 0 saturated heterocycles. The molecule has 3 aromatic carbocycles. The fourth-order valence-electron chi connectivity index (χ4n) is 3.17. The Balaban J connectivity index is 1.72. The van der Waals surface area contributed by atoms with Crippen LogP contribution in [0.5, 0.6) is 5.75 Å². The number of nitrogens with zero attached hydrogens (tertiary/aromatic N) is 3. The van der Waals surface area contributed by atoms with Crippen LogP contribution in [-0.4, -0.2) is 33.1 Å². The maximum atomic E-state index is 13.3. The molecular formula is C23H17N3O5S. The van der Waals surface area contributed by atoms with Crippen molar-refractivity contribution in [3.05, 3.63) is 98.8 Å². The van der Waals surface area contributed by atoms with E-state index in [1.54, 1.807) is 55.6 Å². The van der Waals surface area contributed by atoms with Crippen molar-refractivity contribution < 1.29 is 14.5 Å². The summed E-state index contributed by atoms with van der Waals surface area (Å²) < 4.78 is 6.64. The van der Waals surface area contributed by atoms with Crippen LogP contribution >= 0.6 is 11.8 Å². The van der Waals surface area contributed by atoms with E-state index in [1.807, 2.05) is 0 Å². The molecule has 4 aromatic rings. The number of methoxy groups -OCH3 is 1. The highest BCUT2D eigenvalue weighted by atomic mass is 32.2. The van der Waals surface area contributed by atoms with E-state index >= 15 is 0 Å². The quantitative estimate of drug-likeness (QED) is 0.137. The van der Waals surface area contributed by atoms with Crippen molar-refractivity contribution in [2.75, 3.05) is 12.9 Å². The maximum absolute atomic E-state index is 13.3. The SMILES string of the molecule is COc1ccc(-n2c(SCC(=O)c3cccc([N+](=O)[O-])c3)nc3ccccc3c2=O)cc1. The lowest BCUT2D eigenvalue weighted by Gasteiger charge is -2.13. The number of carbonyl (C=O) groups excluding carboxylic acids is 1. The van der Waals surface area contributed by atoms with Crippen LogP contribution in [0.15, 0.2) is 82.7 Å². The van der Waals surface area contributed by atoms with E-state index in [0.29, 0.717) is 27.5 Å². The van der Waals surface area contributed by atoms with E-state index in [4.69, 9.17) is 4.74 Å². The molecule has 0 aliphatic carbocycles. The van der Waals surface area contributed by atoms with Gasteiger partial charge in [0.25, 0.3) is 11.2 Å². The smallest absolute Gasteiger partial charge is 0.270 e. The number of nitro groups is 1. The van der Waals surface area contributed by atoms with Crippen molar-refractivity contribution in [1.29, 1.82) is 0 Å². The number of benzene rings is 3. The lowest BCUT2D eigenvalue weighted by Crippen LogP contribution is -2.22. The van der Waals surface area contributed by atoms with Gasteiger partial charge in [-0.2, -0.15) is 0 Å². The molecule has 0 unspecified atom stereocenters. The molecule has 0 spiro atoms. The van der Waals surface area contributed by atoms with Gasteiger partial charge in [0.05, 0.1) is 34.4 Å². The van der Waals surface area contributed by atoms with Crippen molar-refractivity contribution in [2.24, 2.45) is 0 Å². The van der Waals surface area contributed by atoms with Crippen LogP contribution in [0.25, 0.3) is 16.6 Å². The van der Waals surface area contributed by atoms with Gasteiger partial charge in [0.15, 0.2) is 10.9 Å². The van der Waals surface area contributed by atoms with Crippen LogP contribution in [-0.2, 0) is 0 Å². The highest BCUT2D eigenvalue weighted by Crippen LogP contribution is 2.24. The van der Waals surface area contributed by atoms with Crippen LogP contribution in [0.3, 0.4) is 0 Å². The fourth-order valence-corrected chi connectivity index (χ4v) is 4.08. The third kappa shape index (κ3) is 4.23. The molecule has 0 fully saturated rings. The number of non-ortho nitro benzene ring substituents is 1. The second kappa shape index (κ2) is 9.03. The number of hydrogen-bond acceptors (Lipinski definition) is 7. The lowest BCUT2D eigenvalue weighted by molar-refractivity contribution is -0.384. The number of aromatic nitrogens is 2. The molecule has 32 heavy (non-hydrogen) atoms. The van der Waals surface area contributed by atoms with Crippen molar-refractivity contribution >= 4 is 34.1 Å². The monoisotopic (exact) mass is 447 g/mol. The molecule has 0 aliphatic rings. The van der Waals surface area contributed by atoms with E-state index in [9.17, 15) is 19.7 Å². The summed E-state index contributed by atoms with van der Waals surface area (Å²) in [5.41, 5.74) is 0.920. The summed E-state index contributed by atoms with van der Waals surface area (Å²) in [6.07, 6.45) is 0. The average molecular weight is 447 g/mol. The Bertz CT molecular complexity index is 1380. The van der Waals surface area contributed by atoms with Gasteiger partial charge in [-0.1, -0.05) is 36.0 Å². The molecule has 160 valence electrons. The first-order valence-electron chi connectivity index (χ1n) is 9.54. The summed E-state index contributed by atoms with van der Waals surface area (Å²) in [4.78, 5) is 41.0. The Morgan fingerprint density at radius 1 is 1.09 bits per heavy atom. The Morgan fingerprint density at radius 2 is 1.84 bits per heavy atom. The first-order chi connectivity index (χ1) is 15.5. The minimum Gasteiger partial charge on any atom is -0.497 e. The van der Waals surface area contributed by atoms with E-state index in [1.165, 1.54) is 28.8 Å². The molecule has 1 heterocycles. The number of carbonyl (C=O) groups is 1. The molecule has 0 aliphatic heterocycles. The third-order valence-corrected chi connectivity index (χ3v) is 5.73. The second-order valence-electron chi connectivity index (χ2n) is 6.77. The van der Waals surface area contributed by atoms with Gasteiger partial charge in [0.2, 0.25) is 0 Å². The minimum absolute atomic E-state index is 0.0396. The highest BCUT2D eigenvalue weighted by molar-refractivity contribution is 7.99. The van der Waals surface area contributed by atoms with Crippen LogP contribution in [0.1, 0.15) is 10.4 Å². The number of para-hydroxylation sites is 1. The standard InChI is InChI=1S/C23H17N3O5S/c1-31-18-11-9-16(10-12-18)25-22(28)19-7-2-3-8-20(19)24-23(25)32-14-21(27)15-5-4-6-17(13-15)26(29)30/h2-13H,14H2,1H3. The van der Waals surface area contributed by atoms with Crippen molar-refractivity contribution in [2.45, 2.75) is 5.16 Å². The van der Waals surface area contributed by atoms with E-state index in [2.05, 4.69) is 4.98 Å². The van der Waals surface area contributed by atoms with Crippen molar-refractivity contribution in [3.8, 4) is 11.4 Å². The first-order valence-corrected chi connectivity index (χ1v) is 10.5. The lowest BCUT2D eigenvalue weighted by atomic mass is 10.1. The topological polar surface area (TPSA) is 104 Å². The maximum Gasteiger partial charge on any atom is 0.270 e. The Hall–Kier alpha value is -3.98. The van der Waals surface area contributed by atoms with Gasteiger partial charge < -0.3 is 4.74 Å². The zero-order chi connectivity index (χ0) is 22.7. The largest absolute Gasteiger partial charge is 0.497 e. The molecule has 0 amide bonds. The predicted molar refractivity (Wildman–Crippen MR) is 122 cm³/mol. The van der Waals surface area contributed by atoms with Crippen LogP contribution < -0.4 is 10.3 Å². The van der Waals surface area contributed by atoms with Gasteiger partial charge in [-0.05, 0) is 36.4 Å². The molecule has 4 rings (SSSR count). The summed E-state index contributed by atoms with van der Waals surface area (Å²) in [6, 6.07) is 19.5. The van der Waals surface area contributed by atoms with Gasteiger partial charge in [0.1, 0.15) is 5.75 Å².